The second kappa shape index (κ2) is 10.5. The zero-order valence-corrected chi connectivity index (χ0v) is 21.2. The van der Waals surface area contributed by atoms with E-state index in [1.165, 1.54) is 45.6 Å². The van der Waals surface area contributed by atoms with Crippen molar-refractivity contribution in [1.82, 2.24) is 0 Å². The van der Waals surface area contributed by atoms with Gasteiger partial charge in [0.15, 0.2) is 23.0 Å². The number of nitrogens with zero attached hydrogens (tertiary/aromatic N) is 1. The van der Waals surface area contributed by atoms with Crippen molar-refractivity contribution < 1.29 is 37.7 Å². The van der Waals surface area contributed by atoms with E-state index in [0.29, 0.717) is 52.1 Å². The van der Waals surface area contributed by atoms with Crippen molar-refractivity contribution in [2.75, 3.05) is 38.3 Å². The molecule has 2 unspecified atom stereocenters. The summed E-state index contributed by atoms with van der Waals surface area (Å²) < 4.78 is 41.0. The Morgan fingerprint density at radius 3 is 2.29 bits per heavy atom. The van der Waals surface area contributed by atoms with Crippen molar-refractivity contribution in [1.29, 1.82) is 0 Å². The van der Waals surface area contributed by atoms with E-state index in [2.05, 4.69) is 5.32 Å². The van der Waals surface area contributed by atoms with E-state index in [1.807, 2.05) is 0 Å². The van der Waals surface area contributed by atoms with E-state index in [4.69, 9.17) is 23.7 Å². The third kappa shape index (κ3) is 4.65. The molecule has 2 amide bonds. The molecule has 0 radical (unpaired) electrons. The first-order chi connectivity index (χ1) is 18.4. The van der Waals surface area contributed by atoms with Crippen LogP contribution in [-0.4, -0.2) is 39.9 Å². The topological polar surface area (TPSA) is 95.6 Å². The van der Waals surface area contributed by atoms with Gasteiger partial charge in [-0.25, -0.2) is 4.39 Å². The summed E-state index contributed by atoms with van der Waals surface area (Å²) in [4.78, 5) is 28.7. The maximum atomic E-state index is 13.7. The number of hydrogen-bond donors (Lipinski definition) is 1. The van der Waals surface area contributed by atoms with Gasteiger partial charge in [-0.1, -0.05) is 0 Å². The van der Waals surface area contributed by atoms with Crippen molar-refractivity contribution in [3.05, 3.63) is 66.0 Å². The highest BCUT2D eigenvalue weighted by Gasteiger charge is 2.42. The van der Waals surface area contributed by atoms with E-state index in [0.717, 1.165) is 0 Å². The lowest BCUT2D eigenvalue weighted by atomic mass is 9.82. The summed E-state index contributed by atoms with van der Waals surface area (Å²) >= 11 is 0. The molecule has 2 atom stereocenters. The molecule has 1 saturated heterocycles. The molecular formula is C28H27FN2O7. The van der Waals surface area contributed by atoms with E-state index in [-0.39, 0.29) is 25.0 Å². The average molecular weight is 523 g/mol. The molecule has 2 aliphatic rings. The normalized spacial score (nSPS) is 18.2. The number of rotatable bonds is 7. The van der Waals surface area contributed by atoms with Crippen LogP contribution in [0.4, 0.5) is 15.8 Å². The highest BCUT2D eigenvalue weighted by atomic mass is 19.1. The first-order valence-electron chi connectivity index (χ1n) is 12.0. The molecule has 1 N–H and O–H groups in total. The number of nitrogens with one attached hydrogen (secondary N) is 1. The number of piperidine rings is 1. The van der Waals surface area contributed by atoms with E-state index >= 15 is 0 Å². The van der Waals surface area contributed by atoms with Crippen molar-refractivity contribution in [2.24, 2.45) is 5.92 Å². The Balaban J connectivity index is 1.62. The van der Waals surface area contributed by atoms with Crippen LogP contribution in [0, 0.1) is 11.7 Å². The molecule has 5 rings (SSSR count). The Hall–Kier alpha value is -4.47. The summed E-state index contributed by atoms with van der Waals surface area (Å²) in [6.07, 6.45) is 0.450. The lowest BCUT2D eigenvalue weighted by Gasteiger charge is -2.41. The van der Waals surface area contributed by atoms with Gasteiger partial charge in [0.1, 0.15) is 5.82 Å². The van der Waals surface area contributed by atoms with Gasteiger partial charge < -0.3 is 33.9 Å². The van der Waals surface area contributed by atoms with Crippen LogP contribution in [0.25, 0.3) is 0 Å². The number of hydrogen-bond acceptors (Lipinski definition) is 7. The van der Waals surface area contributed by atoms with Crippen LogP contribution in [0.2, 0.25) is 0 Å². The highest BCUT2D eigenvalue weighted by Crippen LogP contribution is 2.47. The van der Waals surface area contributed by atoms with Crippen LogP contribution < -0.4 is 33.9 Å². The fourth-order valence-corrected chi connectivity index (χ4v) is 4.93. The highest BCUT2D eigenvalue weighted by molar-refractivity contribution is 6.00. The summed E-state index contributed by atoms with van der Waals surface area (Å²) in [5.41, 5.74) is 1.62. The number of carbonyl (C=O) groups is 2. The summed E-state index contributed by atoms with van der Waals surface area (Å²) in [6.45, 7) is 0.0890. The van der Waals surface area contributed by atoms with Crippen molar-refractivity contribution in [3.63, 3.8) is 0 Å². The number of carbonyl (C=O) groups excluding carboxylic acids is 2. The Bertz CT molecular complexity index is 1340. The van der Waals surface area contributed by atoms with Crippen LogP contribution in [0.5, 0.6) is 28.7 Å². The number of anilines is 2. The third-order valence-corrected chi connectivity index (χ3v) is 6.71. The Labute approximate surface area is 219 Å². The summed E-state index contributed by atoms with van der Waals surface area (Å²) in [5.74, 6) is 0.725. The predicted octanol–water partition coefficient (Wildman–Crippen LogP) is 4.70. The van der Waals surface area contributed by atoms with E-state index < -0.39 is 17.8 Å². The number of amides is 2. The fourth-order valence-electron chi connectivity index (χ4n) is 4.93. The SMILES string of the molecule is COc1cc(C2C(C(=O)Nc3ccc(F)cc3)CCC(=O)N2c2ccc3c(c2)OCO3)cc(OC)c1OC. The van der Waals surface area contributed by atoms with E-state index in [1.54, 1.807) is 35.2 Å². The van der Waals surface area contributed by atoms with Gasteiger partial charge in [0.2, 0.25) is 24.4 Å². The standard InChI is InChI=1S/C28H27FN2O7/c1-34-23-12-16(13-24(35-2)27(23)36-3)26-20(28(33)30-18-6-4-17(29)5-7-18)9-11-25(32)31(26)19-8-10-21-22(14-19)38-15-37-21/h4-8,10,12-14,20,26H,9,11,15H2,1-3H3,(H,30,33). The first-order valence-corrected chi connectivity index (χ1v) is 12.0. The molecule has 2 heterocycles. The Morgan fingerprint density at radius 1 is 0.947 bits per heavy atom. The molecule has 38 heavy (non-hydrogen) atoms. The smallest absolute Gasteiger partial charge is 0.231 e. The van der Waals surface area contributed by atoms with Crippen LogP contribution in [-0.2, 0) is 9.59 Å². The molecule has 9 nitrogen and oxygen atoms in total. The van der Waals surface area contributed by atoms with Crippen LogP contribution in [0.15, 0.2) is 54.6 Å². The molecule has 3 aromatic rings. The molecular weight excluding hydrogens is 495 g/mol. The molecule has 10 heteroatoms. The van der Waals surface area contributed by atoms with Crippen molar-refractivity contribution in [2.45, 2.75) is 18.9 Å². The van der Waals surface area contributed by atoms with Crippen molar-refractivity contribution in [3.8, 4) is 28.7 Å². The minimum Gasteiger partial charge on any atom is -0.493 e. The average Bonchev–Trinajstić information content (AvgIpc) is 3.41. The molecule has 0 saturated carbocycles. The van der Waals surface area contributed by atoms with Gasteiger partial charge in [-0.3, -0.25) is 9.59 Å². The van der Waals surface area contributed by atoms with Crippen LogP contribution in [0.1, 0.15) is 24.4 Å². The van der Waals surface area contributed by atoms with Gasteiger partial charge >= 0.3 is 0 Å². The van der Waals surface area contributed by atoms with Gasteiger partial charge in [0, 0.05) is 23.9 Å². The van der Waals surface area contributed by atoms with Crippen molar-refractivity contribution >= 4 is 23.2 Å². The summed E-state index contributed by atoms with van der Waals surface area (Å²) in [5, 5.41) is 2.87. The van der Waals surface area contributed by atoms with Crippen LogP contribution >= 0.6 is 0 Å². The molecule has 2 aliphatic heterocycles. The lowest BCUT2D eigenvalue weighted by molar-refractivity contribution is -0.125. The second-order valence-electron chi connectivity index (χ2n) is 8.85. The zero-order valence-electron chi connectivity index (χ0n) is 21.2. The van der Waals surface area contributed by atoms with Gasteiger partial charge in [0.25, 0.3) is 0 Å². The largest absolute Gasteiger partial charge is 0.493 e. The van der Waals surface area contributed by atoms with Gasteiger partial charge in [-0.2, -0.15) is 0 Å². The monoisotopic (exact) mass is 522 g/mol. The minimum atomic E-state index is -0.731. The quantitative estimate of drug-likeness (QED) is 0.481. The van der Waals surface area contributed by atoms with Gasteiger partial charge in [-0.15, -0.1) is 0 Å². The Kier molecular flexibility index (Phi) is 6.95. The minimum absolute atomic E-state index is 0.0890. The molecule has 0 aliphatic carbocycles. The van der Waals surface area contributed by atoms with Crippen LogP contribution in [0.3, 0.4) is 0 Å². The van der Waals surface area contributed by atoms with Gasteiger partial charge in [0.05, 0.1) is 33.3 Å². The third-order valence-electron chi connectivity index (χ3n) is 6.71. The molecule has 0 bridgehead atoms. The molecule has 0 spiro atoms. The number of benzene rings is 3. The lowest BCUT2D eigenvalue weighted by Crippen LogP contribution is -2.47. The number of fused-ring (bicyclic) bond motifs is 1. The summed E-state index contributed by atoms with van der Waals surface area (Å²) in [6, 6.07) is 13.5. The van der Waals surface area contributed by atoms with Gasteiger partial charge in [-0.05, 0) is 60.5 Å². The molecule has 0 aromatic heterocycles. The maximum absolute atomic E-state index is 13.7. The molecule has 3 aromatic carbocycles. The van der Waals surface area contributed by atoms with E-state index in [9.17, 15) is 14.0 Å². The fraction of sp³-hybridized carbons (Fsp3) is 0.286. The number of halogens is 1. The zero-order chi connectivity index (χ0) is 26.8. The Morgan fingerprint density at radius 2 is 1.63 bits per heavy atom. The number of ether oxygens (including phenoxy) is 5. The summed E-state index contributed by atoms with van der Waals surface area (Å²) in [7, 11) is 4.50. The first kappa shape index (κ1) is 25.2. The molecule has 1 fully saturated rings. The predicted molar refractivity (Wildman–Crippen MR) is 137 cm³/mol. The maximum Gasteiger partial charge on any atom is 0.231 e. The molecule has 198 valence electrons. The second-order valence-corrected chi connectivity index (χ2v) is 8.85. The number of methoxy groups -OCH3 is 3.